The third kappa shape index (κ3) is 5.02. The van der Waals surface area contributed by atoms with Crippen LogP contribution in [0.4, 0.5) is 64.1 Å². The van der Waals surface area contributed by atoms with Crippen LogP contribution in [0.25, 0.3) is 0 Å². The van der Waals surface area contributed by atoms with Crippen LogP contribution in [0.5, 0.6) is 0 Å². The molecule has 6 nitrogen and oxygen atoms in total. The van der Waals surface area contributed by atoms with E-state index in [0.29, 0.717) is 25.3 Å². The molecular formula is C19H15F12N2O4. The van der Waals surface area contributed by atoms with Gasteiger partial charge in [0.15, 0.2) is 0 Å². The fourth-order valence-corrected chi connectivity index (χ4v) is 3.83. The molecule has 1 aliphatic carbocycles. The minimum Gasteiger partial charge on any atom is -0.258 e. The number of nitrogens with zero attached hydrogens (tertiary/aromatic N) is 2. The third-order valence-corrected chi connectivity index (χ3v) is 5.85. The first-order valence-electron chi connectivity index (χ1n) is 10.1. The summed E-state index contributed by atoms with van der Waals surface area (Å²) in [5, 5.41) is 22.6. The number of non-ortho nitro benzene ring substituents is 1. The Morgan fingerprint density at radius 3 is 1.73 bits per heavy atom. The molecule has 1 saturated carbocycles. The Balaban J connectivity index is 2.71. The molecule has 37 heavy (non-hydrogen) atoms. The second-order valence-corrected chi connectivity index (χ2v) is 8.23. The molecule has 0 amide bonds. The van der Waals surface area contributed by atoms with Gasteiger partial charge in [-0.25, -0.2) is 8.78 Å². The van der Waals surface area contributed by atoms with Gasteiger partial charge < -0.3 is 0 Å². The Kier molecular flexibility index (Phi) is 8.06. The second-order valence-electron chi connectivity index (χ2n) is 8.23. The van der Waals surface area contributed by atoms with Crippen LogP contribution < -0.4 is 0 Å². The summed E-state index contributed by atoms with van der Waals surface area (Å²) in [6.45, 7) is 0. The van der Waals surface area contributed by atoms with E-state index in [1.807, 2.05) is 0 Å². The zero-order chi connectivity index (χ0) is 28.8. The van der Waals surface area contributed by atoms with Crippen LogP contribution in [0.1, 0.15) is 49.1 Å². The summed E-state index contributed by atoms with van der Waals surface area (Å²) in [5.41, 5.74) is -5.07. The summed E-state index contributed by atoms with van der Waals surface area (Å²) < 4.78 is 163. The van der Waals surface area contributed by atoms with E-state index in [2.05, 4.69) is 0 Å². The van der Waals surface area contributed by atoms with Gasteiger partial charge in [-0.3, -0.25) is 20.2 Å². The van der Waals surface area contributed by atoms with Gasteiger partial charge in [0.1, 0.15) is 0 Å². The standard InChI is InChI=1S/C19H15F12N2O4/c20-14(21)16(24,25)18(28,29)19(30,31)17(26,27)15(22,23)8-12-11(9-4-2-1-3-5-9)6-10(32(34)35)7-13(12)33(36)37/h6-9,14H,1-5H2. The zero-order valence-electron chi connectivity index (χ0n) is 18.0. The quantitative estimate of drug-likeness (QED) is 0.167. The molecule has 0 saturated heterocycles. The molecule has 0 spiro atoms. The van der Waals surface area contributed by atoms with E-state index in [0.717, 1.165) is 0 Å². The van der Waals surface area contributed by atoms with Crippen molar-refractivity contribution in [3.8, 4) is 0 Å². The average Bonchev–Trinajstić information content (AvgIpc) is 2.78. The summed E-state index contributed by atoms with van der Waals surface area (Å²) in [6.07, 6.45) is -5.66. The molecule has 0 aromatic heterocycles. The highest BCUT2D eigenvalue weighted by atomic mass is 19.4. The fraction of sp³-hybridized carbons (Fsp3) is 0.632. The molecular weight excluding hydrogens is 548 g/mol. The first kappa shape index (κ1) is 30.4. The van der Waals surface area contributed by atoms with Crippen LogP contribution in [0.15, 0.2) is 12.1 Å². The van der Waals surface area contributed by atoms with Gasteiger partial charge >= 0.3 is 36.0 Å². The first-order chi connectivity index (χ1) is 16.6. The number of nitro benzene ring substituents is 2. The number of rotatable bonds is 10. The minimum absolute atomic E-state index is 0.0179. The molecule has 0 N–H and O–H groups in total. The maximum absolute atomic E-state index is 14.5. The van der Waals surface area contributed by atoms with Crippen molar-refractivity contribution in [3.63, 3.8) is 0 Å². The van der Waals surface area contributed by atoms with Gasteiger partial charge in [0.2, 0.25) is 0 Å². The molecule has 1 aliphatic rings. The van der Waals surface area contributed by atoms with E-state index in [1.165, 1.54) is 0 Å². The normalized spacial score (nSPS) is 16.8. The van der Waals surface area contributed by atoms with Crippen molar-refractivity contribution in [1.82, 2.24) is 0 Å². The van der Waals surface area contributed by atoms with E-state index in [4.69, 9.17) is 0 Å². The maximum atomic E-state index is 14.5. The molecule has 1 aromatic rings. The lowest BCUT2D eigenvalue weighted by Crippen LogP contribution is -2.68. The van der Waals surface area contributed by atoms with Gasteiger partial charge in [-0.05, 0) is 24.3 Å². The summed E-state index contributed by atoms with van der Waals surface area (Å²) in [4.78, 5) is 19.8. The van der Waals surface area contributed by atoms with Gasteiger partial charge in [-0.2, -0.15) is 43.9 Å². The molecule has 0 unspecified atom stereocenters. The second kappa shape index (κ2) is 9.81. The fourth-order valence-electron chi connectivity index (χ4n) is 3.83. The number of benzene rings is 1. The highest BCUT2D eigenvalue weighted by Crippen LogP contribution is 2.59. The van der Waals surface area contributed by atoms with Crippen molar-refractivity contribution < 1.29 is 62.5 Å². The molecule has 1 radical (unpaired) electrons. The predicted octanol–water partition coefficient (Wildman–Crippen LogP) is 7.54. The molecule has 0 heterocycles. The molecule has 0 atom stereocenters. The van der Waals surface area contributed by atoms with Crippen LogP contribution in [-0.2, 0) is 0 Å². The smallest absolute Gasteiger partial charge is 0.258 e. The maximum Gasteiger partial charge on any atom is 0.384 e. The molecule has 18 heteroatoms. The van der Waals surface area contributed by atoms with Gasteiger partial charge in [0.25, 0.3) is 11.4 Å². The highest BCUT2D eigenvalue weighted by molar-refractivity contribution is 5.59. The van der Waals surface area contributed by atoms with E-state index in [9.17, 15) is 72.9 Å². The molecule has 2 rings (SSSR count). The van der Waals surface area contributed by atoms with Gasteiger partial charge in [0, 0.05) is 11.6 Å². The van der Waals surface area contributed by atoms with Crippen LogP contribution in [-0.4, -0.2) is 45.9 Å². The van der Waals surface area contributed by atoms with Crippen LogP contribution in [0.3, 0.4) is 0 Å². The van der Waals surface area contributed by atoms with Gasteiger partial charge in [-0.15, -0.1) is 0 Å². The highest BCUT2D eigenvalue weighted by Gasteiger charge is 2.87. The number of hydrogen-bond donors (Lipinski definition) is 0. The average molecular weight is 563 g/mol. The number of halogens is 12. The number of nitro groups is 2. The number of alkyl halides is 12. The van der Waals surface area contributed by atoms with Gasteiger partial charge in [-0.1, -0.05) is 19.3 Å². The largest absolute Gasteiger partial charge is 0.384 e. The lowest BCUT2D eigenvalue weighted by molar-refractivity contribution is -0.408. The Morgan fingerprint density at radius 2 is 1.30 bits per heavy atom. The Bertz CT molecular complexity index is 1040. The van der Waals surface area contributed by atoms with Crippen molar-refractivity contribution in [2.75, 3.05) is 0 Å². The monoisotopic (exact) mass is 563 g/mol. The lowest BCUT2D eigenvalue weighted by atomic mass is 9.79. The van der Waals surface area contributed by atoms with E-state index in [-0.39, 0.29) is 18.9 Å². The topological polar surface area (TPSA) is 86.3 Å². The van der Waals surface area contributed by atoms with E-state index in [1.54, 1.807) is 0 Å². The lowest BCUT2D eigenvalue weighted by Gasteiger charge is -2.39. The van der Waals surface area contributed by atoms with Crippen molar-refractivity contribution >= 4 is 11.4 Å². The summed E-state index contributed by atoms with van der Waals surface area (Å²) in [7, 11) is 0. The Morgan fingerprint density at radius 1 is 0.784 bits per heavy atom. The summed E-state index contributed by atoms with van der Waals surface area (Å²) in [5.74, 6) is -37.9. The molecule has 0 bridgehead atoms. The van der Waals surface area contributed by atoms with E-state index >= 15 is 0 Å². The first-order valence-corrected chi connectivity index (χ1v) is 10.1. The summed E-state index contributed by atoms with van der Waals surface area (Å²) >= 11 is 0. The molecule has 1 aromatic carbocycles. The van der Waals surface area contributed by atoms with Crippen LogP contribution in [0, 0.1) is 26.6 Å². The summed E-state index contributed by atoms with van der Waals surface area (Å²) in [6, 6.07) is 0.491. The van der Waals surface area contributed by atoms with Crippen LogP contribution in [0.2, 0.25) is 0 Å². The molecule has 209 valence electrons. The Labute approximate surface area is 198 Å². The van der Waals surface area contributed by atoms with Crippen molar-refractivity contribution in [3.05, 3.63) is 49.9 Å². The van der Waals surface area contributed by atoms with Crippen molar-refractivity contribution in [2.24, 2.45) is 0 Å². The SMILES string of the molecule is O=[N+]([O-])c1cc(C2CCCCC2)c([CH]C(F)(F)C(F)(F)C(F)(F)C(F)(F)C(F)(F)C(F)F)c([N+](=O)[O-])c1. The van der Waals surface area contributed by atoms with Gasteiger partial charge in [0.05, 0.1) is 22.3 Å². The molecule has 1 fully saturated rings. The Hall–Kier alpha value is -2.82. The number of hydrogen-bond acceptors (Lipinski definition) is 4. The minimum atomic E-state index is -7.82. The molecule has 0 aliphatic heterocycles. The van der Waals surface area contributed by atoms with Crippen LogP contribution >= 0.6 is 0 Å². The third-order valence-electron chi connectivity index (χ3n) is 5.85. The predicted molar refractivity (Wildman–Crippen MR) is 99.7 cm³/mol. The van der Waals surface area contributed by atoms with E-state index < -0.39 is 80.7 Å². The van der Waals surface area contributed by atoms with Crippen molar-refractivity contribution in [2.45, 2.75) is 74.1 Å². The zero-order valence-corrected chi connectivity index (χ0v) is 18.0. The van der Waals surface area contributed by atoms with Crippen molar-refractivity contribution in [1.29, 1.82) is 0 Å².